The van der Waals surface area contributed by atoms with Crippen molar-refractivity contribution in [3.8, 4) is 17.2 Å². The van der Waals surface area contributed by atoms with Gasteiger partial charge in [0.25, 0.3) is 0 Å². The number of hydrogen-bond donors (Lipinski definition) is 0. The van der Waals surface area contributed by atoms with Crippen LogP contribution in [0.2, 0.25) is 5.02 Å². The molecule has 0 aliphatic rings. The molecule has 0 saturated heterocycles. The van der Waals surface area contributed by atoms with E-state index in [1.54, 1.807) is 25.1 Å². The standard InChI is InChI=1S/C18H19ClO5/c1-11(12-7-5-6-8-14(12)19)24-18(20)13-9-10-15(21-2)17(23-4)16(13)22-3/h5-11H,1-4H3. The van der Waals surface area contributed by atoms with Crippen LogP contribution in [-0.2, 0) is 4.74 Å². The van der Waals surface area contributed by atoms with Gasteiger partial charge >= 0.3 is 5.97 Å². The van der Waals surface area contributed by atoms with Crippen LogP contribution < -0.4 is 14.2 Å². The zero-order chi connectivity index (χ0) is 17.7. The smallest absolute Gasteiger partial charge is 0.342 e. The minimum atomic E-state index is -0.541. The van der Waals surface area contributed by atoms with Crippen LogP contribution in [0.1, 0.15) is 28.9 Å². The Bertz CT molecular complexity index is 729. The van der Waals surface area contributed by atoms with Crippen LogP contribution >= 0.6 is 11.6 Å². The predicted octanol–water partition coefficient (Wildman–Crippen LogP) is 4.28. The second kappa shape index (κ2) is 7.93. The van der Waals surface area contributed by atoms with Crippen molar-refractivity contribution in [1.29, 1.82) is 0 Å². The molecular weight excluding hydrogens is 332 g/mol. The van der Waals surface area contributed by atoms with Crippen molar-refractivity contribution < 1.29 is 23.7 Å². The summed E-state index contributed by atoms with van der Waals surface area (Å²) < 4.78 is 21.3. The molecule has 2 aromatic rings. The summed E-state index contributed by atoms with van der Waals surface area (Å²) in [6.07, 6.45) is -0.510. The van der Waals surface area contributed by atoms with Gasteiger partial charge < -0.3 is 18.9 Å². The van der Waals surface area contributed by atoms with Gasteiger partial charge in [-0.05, 0) is 25.1 Å². The summed E-state index contributed by atoms with van der Waals surface area (Å²) in [4.78, 5) is 12.5. The third-order valence-corrected chi connectivity index (χ3v) is 3.90. The maximum Gasteiger partial charge on any atom is 0.342 e. The lowest BCUT2D eigenvalue weighted by Crippen LogP contribution is -2.11. The van der Waals surface area contributed by atoms with Gasteiger partial charge in [-0.1, -0.05) is 29.8 Å². The van der Waals surface area contributed by atoms with E-state index in [2.05, 4.69) is 0 Å². The molecule has 2 rings (SSSR count). The van der Waals surface area contributed by atoms with Gasteiger partial charge in [0.2, 0.25) is 5.75 Å². The van der Waals surface area contributed by atoms with Crippen LogP contribution in [0.4, 0.5) is 0 Å². The highest BCUT2D eigenvalue weighted by atomic mass is 35.5. The summed E-state index contributed by atoms with van der Waals surface area (Å²) in [6.45, 7) is 1.76. The molecule has 0 N–H and O–H groups in total. The molecular formula is C18H19ClO5. The van der Waals surface area contributed by atoms with Gasteiger partial charge in [-0.25, -0.2) is 4.79 Å². The van der Waals surface area contributed by atoms with Crippen LogP contribution in [0.25, 0.3) is 0 Å². The third kappa shape index (κ3) is 3.57. The fourth-order valence-corrected chi connectivity index (χ4v) is 2.64. The molecule has 0 aliphatic carbocycles. The van der Waals surface area contributed by atoms with Crippen LogP contribution in [0.3, 0.4) is 0 Å². The second-order valence-electron chi connectivity index (χ2n) is 4.95. The fourth-order valence-electron chi connectivity index (χ4n) is 2.35. The zero-order valence-corrected chi connectivity index (χ0v) is 14.7. The lowest BCUT2D eigenvalue weighted by Gasteiger charge is -2.18. The van der Waals surface area contributed by atoms with Gasteiger partial charge in [-0.15, -0.1) is 0 Å². The van der Waals surface area contributed by atoms with Gasteiger partial charge in [-0.2, -0.15) is 0 Å². The van der Waals surface area contributed by atoms with Gasteiger partial charge in [-0.3, -0.25) is 0 Å². The molecule has 0 saturated carbocycles. The largest absolute Gasteiger partial charge is 0.493 e. The number of benzene rings is 2. The highest BCUT2D eigenvalue weighted by Crippen LogP contribution is 2.40. The van der Waals surface area contributed by atoms with E-state index in [9.17, 15) is 4.79 Å². The highest BCUT2D eigenvalue weighted by Gasteiger charge is 2.24. The number of halogens is 1. The van der Waals surface area contributed by atoms with E-state index >= 15 is 0 Å². The predicted molar refractivity (Wildman–Crippen MR) is 91.4 cm³/mol. The van der Waals surface area contributed by atoms with E-state index in [0.717, 1.165) is 5.56 Å². The monoisotopic (exact) mass is 350 g/mol. The van der Waals surface area contributed by atoms with Crippen molar-refractivity contribution in [2.75, 3.05) is 21.3 Å². The molecule has 128 valence electrons. The Labute approximate surface area is 146 Å². The Morgan fingerprint density at radius 1 is 0.958 bits per heavy atom. The van der Waals surface area contributed by atoms with E-state index in [1.807, 2.05) is 18.2 Å². The van der Waals surface area contributed by atoms with E-state index in [1.165, 1.54) is 21.3 Å². The van der Waals surface area contributed by atoms with Crippen molar-refractivity contribution in [2.24, 2.45) is 0 Å². The summed E-state index contributed by atoms with van der Waals surface area (Å²) in [7, 11) is 4.43. The molecule has 0 heterocycles. The van der Waals surface area contributed by atoms with Crippen molar-refractivity contribution in [1.82, 2.24) is 0 Å². The first kappa shape index (κ1) is 17.9. The maximum atomic E-state index is 12.5. The van der Waals surface area contributed by atoms with Crippen molar-refractivity contribution in [3.63, 3.8) is 0 Å². The van der Waals surface area contributed by atoms with Crippen molar-refractivity contribution >= 4 is 17.6 Å². The number of esters is 1. The van der Waals surface area contributed by atoms with Gasteiger partial charge in [0, 0.05) is 10.6 Å². The summed E-state index contributed by atoms with van der Waals surface area (Å²) in [6, 6.07) is 10.4. The Kier molecular flexibility index (Phi) is 5.93. The molecule has 2 aromatic carbocycles. The molecule has 0 radical (unpaired) electrons. The molecule has 24 heavy (non-hydrogen) atoms. The highest BCUT2D eigenvalue weighted by molar-refractivity contribution is 6.31. The molecule has 1 unspecified atom stereocenters. The lowest BCUT2D eigenvalue weighted by molar-refractivity contribution is 0.0334. The summed E-state index contributed by atoms with van der Waals surface area (Å²) in [5.74, 6) is 0.512. The van der Waals surface area contributed by atoms with Crippen LogP contribution in [0, 0.1) is 0 Å². The molecule has 0 bridgehead atoms. The molecule has 0 spiro atoms. The fraction of sp³-hybridized carbons (Fsp3) is 0.278. The van der Waals surface area contributed by atoms with E-state index in [-0.39, 0.29) is 11.3 Å². The zero-order valence-electron chi connectivity index (χ0n) is 14.0. The minimum absolute atomic E-state index is 0.244. The molecule has 0 aliphatic heterocycles. The SMILES string of the molecule is COc1ccc(C(=O)OC(C)c2ccccc2Cl)c(OC)c1OC. The summed E-state index contributed by atoms with van der Waals surface area (Å²) in [5, 5.41) is 0.539. The van der Waals surface area contributed by atoms with E-state index in [4.69, 9.17) is 30.5 Å². The Balaban J connectivity index is 2.31. The molecule has 1 atom stereocenters. The Morgan fingerprint density at radius 3 is 2.21 bits per heavy atom. The first-order valence-corrected chi connectivity index (χ1v) is 7.65. The van der Waals surface area contributed by atoms with Crippen LogP contribution in [0.15, 0.2) is 36.4 Å². The molecule has 6 heteroatoms. The van der Waals surface area contributed by atoms with Crippen LogP contribution in [0.5, 0.6) is 17.2 Å². The minimum Gasteiger partial charge on any atom is -0.493 e. The Morgan fingerprint density at radius 2 is 1.62 bits per heavy atom. The number of methoxy groups -OCH3 is 3. The number of rotatable bonds is 6. The topological polar surface area (TPSA) is 54.0 Å². The second-order valence-corrected chi connectivity index (χ2v) is 5.36. The number of hydrogen-bond acceptors (Lipinski definition) is 5. The molecule has 0 amide bonds. The Hall–Kier alpha value is -2.40. The van der Waals surface area contributed by atoms with Gasteiger partial charge in [0.1, 0.15) is 11.7 Å². The third-order valence-electron chi connectivity index (χ3n) is 3.55. The summed E-state index contributed by atoms with van der Waals surface area (Å²) in [5.41, 5.74) is 0.973. The average Bonchev–Trinajstić information content (AvgIpc) is 2.60. The van der Waals surface area contributed by atoms with Crippen molar-refractivity contribution in [3.05, 3.63) is 52.5 Å². The van der Waals surface area contributed by atoms with Gasteiger partial charge in [0.05, 0.1) is 21.3 Å². The number of ether oxygens (including phenoxy) is 4. The van der Waals surface area contributed by atoms with Crippen molar-refractivity contribution in [2.45, 2.75) is 13.0 Å². The molecule has 0 fully saturated rings. The first-order chi connectivity index (χ1) is 11.5. The normalized spacial score (nSPS) is 11.5. The molecule has 0 aromatic heterocycles. The summed E-state index contributed by atoms with van der Waals surface area (Å²) >= 11 is 6.14. The lowest BCUT2D eigenvalue weighted by atomic mass is 10.1. The quantitative estimate of drug-likeness (QED) is 0.728. The van der Waals surface area contributed by atoms with Gasteiger partial charge in [0.15, 0.2) is 11.5 Å². The van der Waals surface area contributed by atoms with Crippen LogP contribution in [-0.4, -0.2) is 27.3 Å². The van der Waals surface area contributed by atoms with E-state index in [0.29, 0.717) is 16.5 Å². The number of carbonyl (C=O) groups is 1. The first-order valence-electron chi connectivity index (χ1n) is 7.27. The maximum absolute atomic E-state index is 12.5. The number of carbonyl (C=O) groups excluding carboxylic acids is 1. The van der Waals surface area contributed by atoms with E-state index < -0.39 is 12.1 Å². The molecule has 5 nitrogen and oxygen atoms in total. The average molecular weight is 351 g/mol.